The van der Waals surface area contributed by atoms with Gasteiger partial charge in [0.15, 0.2) is 18.9 Å². The van der Waals surface area contributed by atoms with Crippen molar-refractivity contribution in [2.75, 3.05) is 26.4 Å². The maximum atomic E-state index is 13.5. The summed E-state index contributed by atoms with van der Waals surface area (Å²) < 4.78 is 34.5. The highest BCUT2D eigenvalue weighted by Gasteiger charge is 2.54. The van der Waals surface area contributed by atoms with Gasteiger partial charge < -0.3 is 89.9 Å². The molecular weight excluding hydrogens is 1430 g/mol. The summed E-state index contributed by atoms with van der Waals surface area (Å²) in [5.74, 6) is -0.289. The molecule has 0 spiro atoms. The SMILES string of the molecule is CC/C=C\C/C=C\C/C=C\C/C=C\C/C=C\C/C=C\C/C=C\C/C=C\C/C=C\C/C=C\C/C=C\CCCCCCCCCC(=O)NC(COC1OC(CO)C(OC2OC(CO)C(OC3OC(CO)C(O)C(O)C3O)C(O)C2O)C(O)C1O)C(O)/C=C/CCCCCCCCCCCCCCCCCCCCCCCCCCC. The third kappa shape index (κ3) is 50.3. The van der Waals surface area contributed by atoms with E-state index in [2.05, 4.69) is 153 Å². The number of aliphatic hydroxyl groups is 11. The van der Waals surface area contributed by atoms with Crippen LogP contribution in [0.4, 0.5) is 0 Å². The van der Waals surface area contributed by atoms with Crippen molar-refractivity contribution in [3.63, 3.8) is 0 Å². The fourth-order valence-corrected chi connectivity index (χ4v) is 14.1. The van der Waals surface area contributed by atoms with Crippen LogP contribution in [0.2, 0.25) is 0 Å². The van der Waals surface area contributed by atoms with Crippen molar-refractivity contribution in [2.45, 2.75) is 413 Å². The van der Waals surface area contributed by atoms with Crippen molar-refractivity contribution in [3.8, 4) is 0 Å². The molecule has 0 radical (unpaired) electrons. The Hall–Kier alpha value is -4.33. The number of ether oxygens (including phenoxy) is 6. The molecule has 0 aromatic carbocycles. The van der Waals surface area contributed by atoms with E-state index in [9.17, 15) is 61.0 Å². The van der Waals surface area contributed by atoms with Crippen molar-refractivity contribution >= 4 is 5.91 Å². The Labute approximate surface area is 683 Å². The monoisotopic (exact) mass is 1590 g/mol. The number of unbranched alkanes of at least 4 members (excludes halogenated alkanes) is 32. The predicted molar refractivity (Wildman–Crippen MR) is 456 cm³/mol. The Morgan fingerprint density at radius 2 is 0.611 bits per heavy atom. The van der Waals surface area contributed by atoms with Crippen molar-refractivity contribution in [3.05, 3.63) is 146 Å². The van der Waals surface area contributed by atoms with Gasteiger partial charge in [0.25, 0.3) is 0 Å². The summed E-state index contributed by atoms with van der Waals surface area (Å²) in [6.45, 7) is 1.64. The average Bonchev–Trinajstić information content (AvgIpc) is 0.777. The molecule has 3 fully saturated rings. The normalized spacial score (nSPS) is 25.5. The number of aliphatic hydroxyl groups excluding tert-OH is 11. The van der Waals surface area contributed by atoms with Crippen LogP contribution < -0.4 is 5.32 Å². The van der Waals surface area contributed by atoms with Crippen molar-refractivity contribution in [1.82, 2.24) is 5.32 Å². The number of hydrogen-bond donors (Lipinski definition) is 12. The third-order valence-corrected chi connectivity index (χ3v) is 21.1. The molecular formula is C94H159NO18. The standard InChI is InChI=1S/C94H159NO18/c1-3-5-7-9-11-13-15-17-19-21-23-25-27-29-31-32-33-34-35-36-37-38-39-40-41-42-43-44-46-48-50-52-54-56-58-60-62-64-66-68-70-72-82(100)95-77(78(99)71-69-67-65-63-61-59-57-55-53-51-49-47-45-30-28-26-24-22-20-18-16-14-12-10-8-6-4-2)76-108-92-88(106)85(103)90(80(74-97)110-92)113-94-89(107)86(104)91(81(75-98)111-94)112-93-87(105)84(102)83(101)79(73-96)109-93/h5,7,11,13,17,19,23,25,29,31,33-34,36-37,39-40,42-43,46,48,52,54,69,71,77-81,83-94,96-99,101-107H,3-4,6,8-10,12,14-16,18,20-22,24,26-28,30,32,35,38,41,44-45,47,49-51,53,55-68,70,72-76H2,1-2H3,(H,95,100)/b7-5-,13-11-,19-17-,25-23-,31-29-,34-33-,37-36-,40-39-,43-42-,48-46-,54-52-,71-69+. The molecule has 648 valence electrons. The summed E-state index contributed by atoms with van der Waals surface area (Å²) in [4.78, 5) is 13.5. The summed E-state index contributed by atoms with van der Waals surface area (Å²) >= 11 is 0. The molecule has 0 saturated carbocycles. The van der Waals surface area contributed by atoms with Crippen LogP contribution in [0, 0.1) is 0 Å². The van der Waals surface area contributed by atoms with Gasteiger partial charge in [-0.05, 0) is 103 Å². The molecule has 0 bridgehead atoms. The minimum absolute atomic E-state index is 0.222. The van der Waals surface area contributed by atoms with E-state index in [1.165, 1.54) is 141 Å². The van der Waals surface area contributed by atoms with Crippen molar-refractivity contribution < 1.29 is 89.4 Å². The van der Waals surface area contributed by atoms with E-state index in [4.69, 9.17) is 28.4 Å². The van der Waals surface area contributed by atoms with E-state index >= 15 is 0 Å². The number of nitrogens with one attached hydrogen (secondary N) is 1. The summed E-state index contributed by atoms with van der Waals surface area (Å²) in [7, 11) is 0. The lowest BCUT2D eigenvalue weighted by molar-refractivity contribution is -0.379. The van der Waals surface area contributed by atoms with E-state index in [0.29, 0.717) is 6.42 Å². The lowest BCUT2D eigenvalue weighted by Gasteiger charge is -2.48. The Morgan fingerprint density at radius 1 is 0.327 bits per heavy atom. The number of carbonyl (C=O) groups is 1. The number of carbonyl (C=O) groups excluding carboxylic acids is 1. The summed E-state index contributed by atoms with van der Waals surface area (Å²) in [5.41, 5.74) is 0. The second kappa shape index (κ2) is 71.8. The van der Waals surface area contributed by atoms with Crippen LogP contribution >= 0.6 is 0 Å². The van der Waals surface area contributed by atoms with Gasteiger partial charge in [0, 0.05) is 6.42 Å². The zero-order valence-corrected chi connectivity index (χ0v) is 69.8. The van der Waals surface area contributed by atoms with Crippen LogP contribution in [-0.4, -0.2) is 193 Å². The Balaban J connectivity index is 1.35. The molecule has 3 saturated heterocycles. The first-order chi connectivity index (χ1) is 55.3. The summed E-state index contributed by atoms with van der Waals surface area (Å²) in [5, 5.41) is 121. The molecule has 17 unspecified atom stereocenters. The number of amides is 1. The lowest BCUT2D eigenvalue weighted by Crippen LogP contribution is -2.66. The molecule has 0 aromatic rings. The molecule has 1 amide bonds. The zero-order valence-electron chi connectivity index (χ0n) is 69.8. The first-order valence-electron chi connectivity index (χ1n) is 44.6. The van der Waals surface area contributed by atoms with Crippen LogP contribution in [0.5, 0.6) is 0 Å². The number of allylic oxidation sites excluding steroid dienone is 23. The molecule has 0 aliphatic carbocycles. The predicted octanol–water partition coefficient (Wildman–Crippen LogP) is 17.0. The Bertz CT molecular complexity index is 2610. The Kier molecular flexibility index (Phi) is 65.3. The molecule has 19 nitrogen and oxygen atoms in total. The first kappa shape index (κ1) is 103. The molecule has 113 heavy (non-hydrogen) atoms. The van der Waals surface area contributed by atoms with Gasteiger partial charge in [-0.3, -0.25) is 4.79 Å². The van der Waals surface area contributed by atoms with Gasteiger partial charge >= 0.3 is 0 Å². The smallest absolute Gasteiger partial charge is 0.220 e. The minimum Gasteiger partial charge on any atom is -0.394 e. The van der Waals surface area contributed by atoms with E-state index in [1.807, 2.05) is 6.08 Å². The molecule has 12 N–H and O–H groups in total. The largest absolute Gasteiger partial charge is 0.394 e. The maximum absolute atomic E-state index is 13.5. The van der Waals surface area contributed by atoms with Crippen molar-refractivity contribution in [1.29, 1.82) is 0 Å². The molecule has 0 aromatic heterocycles. The highest BCUT2D eigenvalue weighted by molar-refractivity contribution is 5.76. The van der Waals surface area contributed by atoms with Crippen molar-refractivity contribution in [2.24, 2.45) is 0 Å². The summed E-state index contributed by atoms with van der Waals surface area (Å²) in [6.07, 6.45) is 78.3. The van der Waals surface area contributed by atoms with Crippen LogP contribution in [0.1, 0.15) is 309 Å². The lowest BCUT2D eigenvalue weighted by atomic mass is 9.96. The fourth-order valence-electron chi connectivity index (χ4n) is 14.1. The molecule has 19 heteroatoms. The summed E-state index contributed by atoms with van der Waals surface area (Å²) in [6, 6.07) is -0.992. The van der Waals surface area contributed by atoms with Gasteiger partial charge in [-0.25, -0.2) is 0 Å². The van der Waals surface area contributed by atoms with E-state index in [0.717, 1.165) is 141 Å². The van der Waals surface area contributed by atoms with Gasteiger partial charge in [0.2, 0.25) is 5.91 Å². The van der Waals surface area contributed by atoms with E-state index in [-0.39, 0.29) is 18.9 Å². The van der Waals surface area contributed by atoms with E-state index < -0.39 is 124 Å². The highest BCUT2D eigenvalue weighted by Crippen LogP contribution is 2.33. The third-order valence-electron chi connectivity index (χ3n) is 21.1. The minimum atomic E-state index is -1.99. The number of hydrogen-bond acceptors (Lipinski definition) is 18. The van der Waals surface area contributed by atoms with Crippen LogP contribution in [0.25, 0.3) is 0 Å². The van der Waals surface area contributed by atoms with Crippen LogP contribution in [0.15, 0.2) is 146 Å². The van der Waals surface area contributed by atoms with Gasteiger partial charge in [0.05, 0.1) is 38.6 Å². The van der Waals surface area contributed by atoms with Crippen LogP contribution in [0.3, 0.4) is 0 Å². The van der Waals surface area contributed by atoms with Gasteiger partial charge in [-0.1, -0.05) is 346 Å². The molecule has 3 aliphatic heterocycles. The van der Waals surface area contributed by atoms with Gasteiger partial charge in [-0.2, -0.15) is 0 Å². The second-order valence-corrected chi connectivity index (χ2v) is 31.0. The second-order valence-electron chi connectivity index (χ2n) is 31.0. The average molecular weight is 1590 g/mol. The Morgan fingerprint density at radius 3 is 0.956 bits per heavy atom. The highest BCUT2D eigenvalue weighted by atomic mass is 16.8. The fraction of sp³-hybridized carbons (Fsp3) is 0.734. The van der Waals surface area contributed by atoms with Gasteiger partial charge in [0.1, 0.15) is 73.2 Å². The van der Waals surface area contributed by atoms with Crippen LogP contribution in [-0.2, 0) is 33.2 Å². The molecule has 3 aliphatic rings. The quantitative estimate of drug-likeness (QED) is 0.0199. The zero-order chi connectivity index (χ0) is 81.7. The number of rotatable bonds is 70. The molecule has 17 atom stereocenters. The first-order valence-corrected chi connectivity index (χ1v) is 44.6. The topological polar surface area (TPSA) is 307 Å². The molecule has 3 heterocycles. The maximum Gasteiger partial charge on any atom is 0.220 e. The van der Waals surface area contributed by atoms with Gasteiger partial charge in [-0.15, -0.1) is 0 Å². The molecule has 3 rings (SSSR count). The van der Waals surface area contributed by atoms with E-state index in [1.54, 1.807) is 6.08 Å².